The van der Waals surface area contributed by atoms with E-state index in [-0.39, 0.29) is 0 Å². The first-order valence-corrected chi connectivity index (χ1v) is 9.08. The van der Waals surface area contributed by atoms with Gasteiger partial charge in [-0.25, -0.2) is 0 Å². The van der Waals surface area contributed by atoms with E-state index in [1.54, 1.807) is 0 Å². The van der Waals surface area contributed by atoms with E-state index in [4.69, 9.17) is 0 Å². The van der Waals surface area contributed by atoms with Gasteiger partial charge in [0.05, 0.1) is 0 Å². The van der Waals surface area contributed by atoms with Crippen molar-refractivity contribution in [1.82, 2.24) is 5.32 Å². The molecule has 0 bridgehead atoms. The highest BCUT2D eigenvalue weighted by Gasteiger charge is 2.12. The standard InChI is InChI=1S/C20H35N/c1-4-6-8-9-13-17-20(16-7-5-2)21-18(3)19-14-11-10-12-15-19/h10-12,14-15,18,20-21H,4-9,13,16-17H2,1-3H3/t18-,20+/m0/s1. The number of nitrogens with one attached hydrogen (secondary N) is 1. The van der Waals surface area contributed by atoms with Crippen LogP contribution in [0.25, 0.3) is 0 Å². The zero-order valence-electron chi connectivity index (χ0n) is 14.4. The molecule has 1 aromatic rings. The summed E-state index contributed by atoms with van der Waals surface area (Å²) in [5, 5.41) is 3.86. The maximum atomic E-state index is 3.86. The molecule has 1 heteroatoms. The van der Waals surface area contributed by atoms with Gasteiger partial charge in [-0.15, -0.1) is 0 Å². The molecule has 0 fully saturated rings. The van der Waals surface area contributed by atoms with E-state index in [1.165, 1.54) is 63.4 Å². The van der Waals surface area contributed by atoms with E-state index in [9.17, 15) is 0 Å². The van der Waals surface area contributed by atoms with E-state index < -0.39 is 0 Å². The second kappa shape index (κ2) is 11.8. The smallest absolute Gasteiger partial charge is 0.0294 e. The van der Waals surface area contributed by atoms with E-state index >= 15 is 0 Å². The fourth-order valence-corrected chi connectivity index (χ4v) is 2.95. The molecule has 0 aliphatic rings. The Kier molecular flexibility index (Phi) is 10.2. The quantitative estimate of drug-likeness (QED) is 0.448. The average Bonchev–Trinajstić information content (AvgIpc) is 2.52. The van der Waals surface area contributed by atoms with Gasteiger partial charge in [0.1, 0.15) is 0 Å². The van der Waals surface area contributed by atoms with Gasteiger partial charge in [0.15, 0.2) is 0 Å². The molecule has 120 valence electrons. The van der Waals surface area contributed by atoms with Crippen molar-refractivity contribution in [2.24, 2.45) is 0 Å². The molecular weight excluding hydrogens is 254 g/mol. The maximum absolute atomic E-state index is 3.86. The van der Waals surface area contributed by atoms with Crippen molar-refractivity contribution in [3.05, 3.63) is 35.9 Å². The second-order valence-electron chi connectivity index (χ2n) is 6.34. The van der Waals surface area contributed by atoms with Gasteiger partial charge in [0, 0.05) is 12.1 Å². The molecule has 1 aromatic carbocycles. The first-order valence-electron chi connectivity index (χ1n) is 9.08. The average molecular weight is 290 g/mol. The molecule has 0 spiro atoms. The molecule has 0 radical (unpaired) electrons. The van der Waals surface area contributed by atoms with Gasteiger partial charge in [0.25, 0.3) is 0 Å². The van der Waals surface area contributed by atoms with Gasteiger partial charge in [0.2, 0.25) is 0 Å². The van der Waals surface area contributed by atoms with Crippen molar-refractivity contribution in [1.29, 1.82) is 0 Å². The zero-order valence-corrected chi connectivity index (χ0v) is 14.4. The fourth-order valence-electron chi connectivity index (χ4n) is 2.95. The first kappa shape index (κ1) is 18.2. The largest absolute Gasteiger partial charge is 0.307 e. The van der Waals surface area contributed by atoms with Gasteiger partial charge in [-0.2, -0.15) is 0 Å². The molecule has 0 unspecified atom stereocenters. The highest BCUT2D eigenvalue weighted by Crippen LogP contribution is 2.17. The highest BCUT2D eigenvalue weighted by molar-refractivity contribution is 5.18. The number of rotatable bonds is 12. The van der Waals surface area contributed by atoms with Crippen LogP contribution in [-0.2, 0) is 0 Å². The summed E-state index contributed by atoms with van der Waals surface area (Å²) in [5.74, 6) is 0. The van der Waals surface area contributed by atoms with E-state index in [1.807, 2.05) is 0 Å². The lowest BCUT2D eigenvalue weighted by atomic mass is 9.99. The van der Waals surface area contributed by atoms with Gasteiger partial charge in [-0.05, 0) is 25.3 Å². The Morgan fingerprint density at radius 2 is 1.43 bits per heavy atom. The molecule has 0 aliphatic heterocycles. The molecule has 0 aliphatic carbocycles. The lowest BCUT2D eigenvalue weighted by Crippen LogP contribution is -2.31. The second-order valence-corrected chi connectivity index (χ2v) is 6.34. The minimum Gasteiger partial charge on any atom is -0.307 e. The van der Waals surface area contributed by atoms with Crippen LogP contribution in [0.1, 0.15) is 90.2 Å². The summed E-state index contributed by atoms with van der Waals surface area (Å²) in [6.45, 7) is 6.87. The van der Waals surface area contributed by atoms with Crippen LogP contribution in [0.2, 0.25) is 0 Å². The Balaban J connectivity index is 2.37. The monoisotopic (exact) mass is 289 g/mol. The van der Waals surface area contributed by atoms with Crippen molar-refractivity contribution in [2.45, 2.75) is 90.6 Å². The van der Waals surface area contributed by atoms with Crippen LogP contribution in [0.3, 0.4) is 0 Å². The minimum atomic E-state index is 0.462. The van der Waals surface area contributed by atoms with Crippen LogP contribution in [0, 0.1) is 0 Å². The summed E-state index contributed by atoms with van der Waals surface area (Å²) in [5.41, 5.74) is 1.41. The predicted octanol–water partition coefficient (Wildman–Crippen LogP) is 6.26. The summed E-state index contributed by atoms with van der Waals surface area (Å²) >= 11 is 0. The minimum absolute atomic E-state index is 0.462. The number of benzene rings is 1. The molecule has 0 saturated heterocycles. The van der Waals surface area contributed by atoms with Crippen molar-refractivity contribution >= 4 is 0 Å². The molecular formula is C20H35N. The van der Waals surface area contributed by atoms with Crippen LogP contribution in [-0.4, -0.2) is 6.04 Å². The lowest BCUT2D eigenvalue weighted by molar-refractivity contribution is 0.385. The number of hydrogen-bond donors (Lipinski definition) is 1. The van der Waals surface area contributed by atoms with Crippen molar-refractivity contribution in [3.63, 3.8) is 0 Å². The summed E-state index contributed by atoms with van der Waals surface area (Å²) < 4.78 is 0. The molecule has 0 amide bonds. The summed E-state index contributed by atoms with van der Waals surface area (Å²) in [6.07, 6.45) is 12.2. The van der Waals surface area contributed by atoms with E-state index in [0.29, 0.717) is 12.1 Å². The predicted molar refractivity (Wildman–Crippen MR) is 94.7 cm³/mol. The third-order valence-electron chi connectivity index (χ3n) is 4.35. The Hall–Kier alpha value is -0.820. The topological polar surface area (TPSA) is 12.0 Å². The van der Waals surface area contributed by atoms with Crippen LogP contribution in [0.5, 0.6) is 0 Å². The molecule has 1 rings (SSSR count). The molecule has 1 nitrogen and oxygen atoms in total. The van der Waals surface area contributed by atoms with Crippen LogP contribution < -0.4 is 5.32 Å². The Bertz CT molecular complexity index is 333. The van der Waals surface area contributed by atoms with Crippen molar-refractivity contribution in [3.8, 4) is 0 Å². The highest BCUT2D eigenvalue weighted by atomic mass is 14.9. The molecule has 0 heterocycles. The Morgan fingerprint density at radius 3 is 2.10 bits per heavy atom. The zero-order chi connectivity index (χ0) is 15.3. The van der Waals surface area contributed by atoms with Gasteiger partial charge >= 0.3 is 0 Å². The van der Waals surface area contributed by atoms with E-state index in [0.717, 1.165) is 0 Å². The summed E-state index contributed by atoms with van der Waals surface area (Å²) in [7, 11) is 0. The fraction of sp³-hybridized carbons (Fsp3) is 0.700. The summed E-state index contributed by atoms with van der Waals surface area (Å²) in [4.78, 5) is 0. The maximum Gasteiger partial charge on any atom is 0.0294 e. The van der Waals surface area contributed by atoms with E-state index in [2.05, 4.69) is 56.4 Å². The Morgan fingerprint density at radius 1 is 0.810 bits per heavy atom. The van der Waals surface area contributed by atoms with Crippen LogP contribution in [0.15, 0.2) is 30.3 Å². The van der Waals surface area contributed by atoms with Crippen LogP contribution >= 0.6 is 0 Å². The molecule has 1 N–H and O–H groups in total. The third kappa shape index (κ3) is 8.26. The lowest BCUT2D eigenvalue weighted by Gasteiger charge is -2.24. The third-order valence-corrected chi connectivity index (χ3v) is 4.35. The molecule has 21 heavy (non-hydrogen) atoms. The molecule has 2 atom stereocenters. The van der Waals surface area contributed by atoms with Crippen molar-refractivity contribution in [2.75, 3.05) is 0 Å². The Labute approximate surface area is 132 Å². The van der Waals surface area contributed by atoms with Crippen LogP contribution in [0.4, 0.5) is 0 Å². The van der Waals surface area contributed by atoms with Gasteiger partial charge < -0.3 is 5.32 Å². The first-order chi connectivity index (χ1) is 10.3. The SMILES string of the molecule is CCCCCCC[C@@H](CCCC)N[C@@H](C)c1ccccc1. The van der Waals surface area contributed by atoms with Crippen molar-refractivity contribution < 1.29 is 0 Å². The molecule has 0 aromatic heterocycles. The normalized spacial score (nSPS) is 14.0. The summed E-state index contributed by atoms with van der Waals surface area (Å²) in [6, 6.07) is 12.0. The number of hydrogen-bond acceptors (Lipinski definition) is 1. The molecule has 0 saturated carbocycles. The van der Waals surface area contributed by atoms with Gasteiger partial charge in [-0.1, -0.05) is 89.1 Å². The number of unbranched alkanes of at least 4 members (excludes halogenated alkanes) is 5. The van der Waals surface area contributed by atoms with Gasteiger partial charge in [-0.3, -0.25) is 0 Å².